The van der Waals surface area contributed by atoms with Crippen LogP contribution in [0.15, 0.2) is 24.3 Å². The first-order valence-corrected chi connectivity index (χ1v) is 7.92. The third kappa shape index (κ3) is 3.76. The van der Waals surface area contributed by atoms with Crippen molar-refractivity contribution < 1.29 is 9.53 Å². The number of rotatable bonds is 6. The van der Waals surface area contributed by atoms with Crippen molar-refractivity contribution in [1.82, 2.24) is 10.2 Å². The molecule has 1 aliphatic carbocycles. The maximum absolute atomic E-state index is 12.6. The molecule has 4 nitrogen and oxygen atoms in total. The Hall–Kier alpha value is -1.55. The molecule has 0 spiro atoms. The Morgan fingerprint density at radius 3 is 2.62 bits per heavy atom. The average molecular weight is 288 g/mol. The first-order chi connectivity index (χ1) is 10.3. The van der Waals surface area contributed by atoms with E-state index in [-0.39, 0.29) is 5.91 Å². The lowest BCUT2D eigenvalue weighted by atomic mass is 10.1. The van der Waals surface area contributed by atoms with E-state index in [0.29, 0.717) is 18.5 Å². The van der Waals surface area contributed by atoms with Crippen LogP contribution < -0.4 is 10.1 Å². The zero-order valence-electron chi connectivity index (χ0n) is 12.7. The smallest absolute Gasteiger partial charge is 0.227 e. The molecule has 1 saturated heterocycles. The highest BCUT2D eigenvalue weighted by atomic mass is 16.5. The zero-order chi connectivity index (χ0) is 14.7. The summed E-state index contributed by atoms with van der Waals surface area (Å²) in [5, 5.41) is 3.49. The number of ether oxygens (including phenoxy) is 1. The summed E-state index contributed by atoms with van der Waals surface area (Å²) in [6.07, 6.45) is 5.25. The summed E-state index contributed by atoms with van der Waals surface area (Å²) in [6, 6.07) is 8.78. The second-order valence-corrected chi connectivity index (χ2v) is 6.10. The van der Waals surface area contributed by atoms with Gasteiger partial charge in [-0.15, -0.1) is 0 Å². The van der Waals surface area contributed by atoms with Crippen molar-refractivity contribution in [3.05, 3.63) is 29.8 Å². The molecular formula is C17H24N2O2. The summed E-state index contributed by atoms with van der Waals surface area (Å²) in [5.74, 6) is 1.09. The Morgan fingerprint density at radius 2 is 2.05 bits per heavy atom. The van der Waals surface area contributed by atoms with Crippen LogP contribution in [0, 0.1) is 0 Å². The molecule has 1 aliphatic heterocycles. The quantitative estimate of drug-likeness (QED) is 0.870. The fourth-order valence-corrected chi connectivity index (χ4v) is 3.01. The molecule has 0 bridgehead atoms. The molecule has 3 rings (SSSR count). The van der Waals surface area contributed by atoms with Crippen LogP contribution in [0.2, 0.25) is 0 Å². The van der Waals surface area contributed by atoms with Crippen LogP contribution in [0.25, 0.3) is 0 Å². The highest BCUT2D eigenvalue weighted by Crippen LogP contribution is 2.28. The van der Waals surface area contributed by atoms with Crippen molar-refractivity contribution in [3.8, 4) is 5.75 Å². The molecule has 1 aromatic carbocycles. The maximum Gasteiger partial charge on any atom is 0.227 e. The molecule has 2 aliphatic rings. The van der Waals surface area contributed by atoms with Gasteiger partial charge in [0.2, 0.25) is 5.91 Å². The molecule has 1 unspecified atom stereocenters. The molecule has 1 amide bonds. The largest absolute Gasteiger partial charge is 0.497 e. The monoisotopic (exact) mass is 288 g/mol. The Bertz CT molecular complexity index is 476. The van der Waals surface area contributed by atoms with Crippen LogP contribution in [0.3, 0.4) is 0 Å². The maximum atomic E-state index is 12.6. The van der Waals surface area contributed by atoms with Crippen molar-refractivity contribution in [1.29, 1.82) is 0 Å². The van der Waals surface area contributed by atoms with Crippen LogP contribution in [0.1, 0.15) is 31.2 Å². The van der Waals surface area contributed by atoms with Crippen molar-refractivity contribution in [2.24, 2.45) is 0 Å². The van der Waals surface area contributed by atoms with E-state index in [1.54, 1.807) is 7.11 Å². The second kappa shape index (κ2) is 6.48. The van der Waals surface area contributed by atoms with Gasteiger partial charge in [-0.05, 0) is 49.9 Å². The fourth-order valence-electron chi connectivity index (χ4n) is 3.01. The van der Waals surface area contributed by atoms with E-state index in [1.807, 2.05) is 24.3 Å². The van der Waals surface area contributed by atoms with Crippen molar-refractivity contribution in [2.75, 3.05) is 20.2 Å². The predicted octanol–water partition coefficient (Wildman–Crippen LogP) is 1.98. The van der Waals surface area contributed by atoms with E-state index < -0.39 is 0 Å². The Morgan fingerprint density at radius 1 is 1.29 bits per heavy atom. The first kappa shape index (κ1) is 14.4. The van der Waals surface area contributed by atoms with E-state index in [2.05, 4.69) is 10.2 Å². The number of methoxy groups -OCH3 is 1. The van der Waals surface area contributed by atoms with Gasteiger partial charge in [-0.25, -0.2) is 0 Å². The lowest BCUT2D eigenvalue weighted by Crippen LogP contribution is -2.43. The molecule has 1 N–H and O–H groups in total. The lowest BCUT2D eigenvalue weighted by Gasteiger charge is -2.26. The molecule has 21 heavy (non-hydrogen) atoms. The summed E-state index contributed by atoms with van der Waals surface area (Å²) in [7, 11) is 1.66. The minimum absolute atomic E-state index is 0.261. The average Bonchev–Trinajstić information content (AvgIpc) is 3.21. The van der Waals surface area contributed by atoms with Crippen molar-refractivity contribution >= 4 is 5.91 Å². The molecule has 1 saturated carbocycles. The second-order valence-electron chi connectivity index (χ2n) is 6.10. The molecule has 0 aromatic heterocycles. The van der Waals surface area contributed by atoms with Crippen LogP contribution in [0.5, 0.6) is 5.75 Å². The van der Waals surface area contributed by atoms with Gasteiger partial charge in [0, 0.05) is 18.6 Å². The highest BCUT2D eigenvalue weighted by Gasteiger charge is 2.34. The number of nitrogens with one attached hydrogen (secondary N) is 1. The lowest BCUT2D eigenvalue weighted by molar-refractivity contribution is -0.131. The highest BCUT2D eigenvalue weighted by molar-refractivity contribution is 5.79. The summed E-state index contributed by atoms with van der Waals surface area (Å²) in [6.45, 7) is 1.97. The topological polar surface area (TPSA) is 41.6 Å². The summed E-state index contributed by atoms with van der Waals surface area (Å²) >= 11 is 0. The van der Waals surface area contributed by atoms with Gasteiger partial charge in [-0.1, -0.05) is 12.1 Å². The number of benzene rings is 1. The number of carbonyl (C=O) groups is 1. The Kier molecular flexibility index (Phi) is 4.44. The molecule has 4 heteroatoms. The van der Waals surface area contributed by atoms with E-state index in [0.717, 1.165) is 24.4 Å². The molecule has 1 atom stereocenters. The Labute approximate surface area is 126 Å². The minimum atomic E-state index is 0.261. The van der Waals surface area contributed by atoms with E-state index in [1.165, 1.54) is 25.7 Å². The number of hydrogen-bond acceptors (Lipinski definition) is 3. The third-order valence-corrected chi connectivity index (χ3v) is 4.40. The van der Waals surface area contributed by atoms with Crippen LogP contribution >= 0.6 is 0 Å². The summed E-state index contributed by atoms with van der Waals surface area (Å²) in [5.41, 5.74) is 1.06. The Balaban J connectivity index is 1.60. The fraction of sp³-hybridized carbons (Fsp3) is 0.588. The van der Waals surface area contributed by atoms with Gasteiger partial charge in [0.15, 0.2) is 0 Å². The number of carbonyl (C=O) groups excluding carboxylic acids is 1. The van der Waals surface area contributed by atoms with Gasteiger partial charge >= 0.3 is 0 Å². The number of nitrogens with zero attached hydrogens (tertiary/aromatic N) is 1. The number of hydrogen-bond donors (Lipinski definition) is 1. The molecule has 1 heterocycles. The van der Waals surface area contributed by atoms with E-state index in [4.69, 9.17) is 4.74 Å². The number of amides is 1. The van der Waals surface area contributed by atoms with E-state index in [9.17, 15) is 4.79 Å². The zero-order valence-corrected chi connectivity index (χ0v) is 12.7. The van der Waals surface area contributed by atoms with Crippen LogP contribution in [0.4, 0.5) is 0 Å². The first-order valence-electron chi connectivity index (χ1n) is 7.92. The van der Waals surface area contributed by atoms with Gasteiger partial charge in [-0.3, -0.25) is 4.79 Å². The van der Waals surface area contributed by atoms with Gasteiger partial charge in [0.05, 0.1) is 13.5 Å². The van der Waals surface area contributed by atoms with Crippen LogP contribution in [-0.2, 0) is 11.2 Å². The normalized spacial score (nSPS) is 21.3. The molecule has 0 radical (unpaired) electrons. The summed E-state index contributed by atoms with van der Waals surface area (Å²) in [4.78, 5) is 14.7. The molecule has 2 fully saturated rings. The molecule has 1 aromatic rings. The van der Waals surface area contributed by atoms with Gasteiger partial charge < -0.3 is 15.0 Å². The van der Waals surface area contributed by atoms with Crippen LogP contribution in [-0.4, -0.2) is 43.1 Å². The molecule has 114 valence electrons. The standard InChI is InChI=1S/C17H24N2O2/c1-21-16-8-4-13(5-9-16)11-17(20)19(15-6-7-15)12-14-3-2-10-18-14/h4-5,8-9,14-15,18H,2-3,6-7,10-12H2,1H3. The summed E-state index contributed by atoms with van der Waals surface area (Å²) < 4.78 is 5.15. The van der Waals surface area contributed by atoms with Crippen molar-refractivity contribution in [3.63, 3.8) is 0 Å². The minimum Gasteiger partial charge on any atom is -0.497 e. The van der Waals surface area contributed by atoms with E-state index >= 15 is 0 Å². The SMILES string of the molecule is COc1ccc(CC(=O)N(CC2CCCN2)C2CC2)cc1. The predicted molar refractivity (Wildman–Crippen MR) is 82.5 cm³/mol. The molecular weight excluding hydrogens is 264 g/mol. The van der Waals surface area contributed by atoms with Crippen molar-refractivity contribution in [2.45, 2.75) is 44.2 Å². The van der Waals surface area contributed by atoms with Gasteiger partial charge in [0.25, 0.3) is 0 Å². The van der Waals surface area contributed by atoms with Gasteiger partial charge in [-0.2, -0.15) is 0 Å². The third-order valence-electron chi connectivity index (χ3n) is 4.40. The van der Waals surface area contributed by atoms with Gasteiger partial charge in [0.1, 0.15) is 5.75 Å².